The van der Waals surface area contributed by atoms with E-state index in [2.05, 4.69) is 4.98 Å². The number of aromatic nitrogens is 1. The van der Waals surface area contributed by atoms with Gasteiger partial charge in [0.15, 0.2) is 15.6 Å². The second-order valence-electron chi connectivity index (χ2n) is 4.25. The Balaban J connectivity index is 2.16. The summed E-state index contributed by atoms with van der Waals surface area (Å²) >= 11 is 5.75. The first kappa shape index (κ1) is 14.6. The number of aryl methyl sites for hydroxylation is 1. The Morgan fingerprint density at radius 1 is 1.20 bits per heavy atom. The molecule has 0 unspecified atom stereocenters. The first-order valence-corrected chi connectivity index (χ1v) is 7.80. The zero-order valence-corrected chi connectivity index (χ0v) is 11.9. The van der Waals surface area contributed by atoms with Crippen LogP contribution in [0.5, 0.6) is 5.75 Å². The molecule has 5 nitrogen and oxygen atoms in total. The average Bonchev–Trinajstić information content (AvgIpc) is 2.41. The molecule has 0 atom stereocenters. The van der Waals surface area contributed by atoms with Crippen molar-refractivity contribution in [2.45, 2.75) is 11.3 Å². The molecule has 7 heteroatoms. The van der Waals surface area contributed by atoms with Crippen LogP contribution in [0, 0.1) is 0 Å². The van der Waals surface area contributed by atoms with Gasteiger partial charge in [-0.3, -0.25) is 4.79 Å². The highest BCUT2D eigenvalue weighted by molar-refractivity contribution is 7.91. The minimum atomic E-state index is -3.57. The summed E-state index contributed by atoms with van der Waals surface area (Å²) in [6.45, 7) is 0. The standard InChI is InChI=1S/C13H12ClNO4S/c14-10-3-1-9(2-4-10)5-6-20(18,19)11-7-12(16)13(17)15-8-11/h1-4,7-8,16H,5-6H2,(H,15,17). The molecule has 1 aromatic carbocycles. The smallest absolute Gasteiger partial charge is 0.290 e. The van der Waals surface area contributed by atoms with Crippen LogP contribution >= 0.6 is 11.6 Å². The molecule has 20 heavy (non-hydrogen) atoms. The summed E-state index contributed by atoms with van der Waals surface area (Å²) in [6.07, 6.45) is 1.40. The van der Waals surface area contributed by atoms with Crippen molar-refractivity contribution < 1.29 is 13.5 Å². The number of nitrogens with one attached hydrogen (secondary N) is 1. The van der Waals surface area contributed by atoms with E-state index in [9.17, 15) is 18.3 Å². The van der Waals surface area contributed by atoms with Crippen molar-refractivity contribution in [2.75, 3.05) is 5.75 Å². The van der Waals surface area contributed by atoms with Crippen LogP contribution in [0.4, 0.5) is 0 Å². The SMILES string of the molecule is O=c1[nH]cc(S(=O)(=O)CCc2ccc(Cl)cc2)cc1O. The van der Waals surface area contributed by atoms with E-state index in [0.29, 0.717) is 11.4 Å². The number of benzene rings is 1. The summed E-state index contributed by atoms with van der Waals surface area (Å²) in [5.41, 5.74) is 0.119. The molecule has 0 saturated heterocycles. The van der Waals surface area contributed by atoms with Crippen LogP contribution in [0.25, 0.3) is 0 Å². The number of aromatic hydroxyl groups is 1. The van der Waals surface area contributed by atoms with E-state index in [1.165, 1.54) is 0 Å². The third-order valence-electron chi connectivity index (χ3n) is 2.79. The molecule has 2 rings (SSSR count). The Bertz CT molecular complexity index is 766. The van der Waals surface area contributed by atoms with Crippen LogP contribution in [0.3, 0.4) is 0 Å². The normalized spacial score (nSPS) is 11.4. The molecular formula is C13H12ClNO4S. The first-order valence-electron chi connectivity index (χ1n) is 5.77. The average molecular weight is 314 g/mol. The summed E-state index contributed by atoms with van der Waals surface area (Å²) in [4.78, 5) is 13.1. The van der Waals surface area contributed by atoms with Crippen LogP contribution < -0.4 is 5.56 Å². The molecule has 0 saturated carbocycles. The highest BCUT2D eigenvalue weighted by Gasteiger charge is 2.16. The van der Waals surface area contributed by atoms with E-state index in [1.807, 2.05) is 0 Å². The van der Waals surface area contributed by atoms with Gasteiger partial charge in [-0.05, 0) is 24.1 Å². The molecular weight excluding hydrogens is 302 g/mol. The summed E-state index contributed by atoms with van der Waals surface area (Å²) in [7, 11) is -3.57. The Kier molecular flexibility index (Phi) is 4.15. The van der Waals surface area contributed by atoms with Gasteiger partial charge in [-0.25, -0.2) is 8.42 Å². The minimum Gasteiger partial charge on any atom is -0.503 e. The lowest BCUT2D eigenvalue weighted by Crippen LogP contribution is -2.12. The highest BCUT2D eigenvalue weighted by atomic mass is 35.5. The maximum absolute atomic E-state index is 12.1. The minimum absolute atomic E-state index is 0.108. The monoisotopic (exact) mass is 313 g/mol. The molecule has 0 aliphatic rings. The molecule has 106 valence electrons. The number of H-pyrrole nitrogens is 1. The van der Waals surface area contributed by atoms with E-state index in [1.54, 1.807) is 24.3 Å². The van der Waals surface area contributed by atoms with Crippen molar-refractivity contribution in [2.24, 2.45) is 0 Å². The quantitative estimate of drug-likeness (QED) is 0.900. The van der Waals surface area contributed by atoms with Crippen LogP contribution in [-0.2, 0) is 16.3 Å². The molecule has 2 N–H and O–H groups in total. The van der Waals surface area contributed by atoms with Gasteiger partial charge >= 0.3 is 0 Å². The number of hydrogen-bond donors (Lipinski definition) is 2. The van der Waals surface area contributed by atoms with Gasteiger partial charge in [0.1, 0.15) is 0 Å². The van der Waals surface area contributed by atoms with Gasteiger partial charge in [-0.15, -0.1) is 0 Å². The molecule has 0 bridgehead atoms. The van der Waals surface area contributed by atoms with E-state index in [0.717, 1.165) is 17.8 Å². The van der Waals surface area contributed by atoms with Crippen molar-refractivity contribution in [3.8, 4) is 5.75 Å². The van der Waals surface area contributed by atoms with Crippen LogP contribution in [0.2, 0.25) is 5.02 Å². The predicted octanol–water partition coefficient (Wildman–Crippen LogP) is 1.75. The van der Waals surface area contributed by atoms with Crippen molar-refractivity contribution in [3.05, 3.63) is 57.5 Å². The molecule has 0 aliphatic carbocycles. The molecule has 0 amide bonds. The largest absolute Gasteiger partial charge is 0.503 e. The second-order valence-corrected chi connectivity index (χ2v) is 6.79. The number of rotatable bonds is 4. The fourth-order valence-electron chi connectivity index (χ4n) is 1.65. The zero-order chi connectivity index (χ0) is 14.8. The number of aromatic amines is 1. The molecule has 0 fully saturated rings. The van der Waals surface area contributed by atoms with E-state index in [-0.39, 0.29) is 10.6 Å². The topological polar surface area (TPSA) is 87.2 Å². The third kappa shape index (κ3) is 3.40. The van der Waals surface area contributed by atoms with Crippen molar-refractivity contribution in [1.29, 1.82) is 0 Å². The van der Waals surface area contributed by atoms with Gasteiger partial charge in [-0.2, -0.15) is 0 Å². The van der Waals surface area contributed by atoms with E-state index >= 15 is 0 Å². The number of hydrogen-bond acceptors (Lipinski definition) is 4. The van der Waals surface area contributed by atoms with E-state index < -0.39 is 21.1 Å². The Morgan fingerprint density at radius 3 is 2.45 bits per heavy atom. The molecule has 2 aromatic rings. The predicted molar refractivity (Wildman–Crippen MR) is 75.9 cm³/mol. The number of sulfone groups is 1. The van der Waals surface area contributed by atoms with Crippen LogP contribution in [-0.4, -0.2) is 24.3 Å². The lowest BCUT2D eigenvalue weighted by molar-refractivity contribution is 0.464. The highest BCUT2D eigenvalue weighted by Crippen LogP contribution is 2.15. The molecule has 0 aliphatic heterocycles. The zero-order valence-electron chi connectivity index (χ0n) is 10.3. The number of pyridine rings is 1. The fraction of sp³-hybridized carbons (Fsp3) is 0.154. The van der Waals surface area contributed by atoms with Gasteiger partial charge in [-0.1, -0.05) is 23.7 Å². The Labute approximate surface area is 120 Å². The third-order valence-corrected chi connectivity index (χ3v) is 4.74. The van der Waals surface area contributed by atoms with Gasteiger partial charge in [0.25, 0.3) is 5.56 Å². The van der Waals surface area contributed by atoms with Gasteiger partial charge < -0.3 is 10.1 Å². The summed E-state index contributed by atoms with van der Waals surface area (Å²) in [5.74, 6) is -0.738. The molecule has 1 aromatic heterocycles. The van der Waals surface area contributed by atoms with Gasteiger partial charge in [0.2, 0.25) is 0 Å². The maximum atomic E-state index is 12.1. The molecule has 0 radical (unpaired) electrons. The van der Waals surface area contributed by atoms with E-state index in [4.69, 9.17) is 11.6 Å². The second kappa shape index (κ2) is 5.68. The Hall–Kier alpha value is -1.79. The summed E-state index contributed by atoms with van der Waals surface area (Å²) in [6, 6.07) is 7.84. The number of halogens is 1. The summed E-state index contributed by atoms with van der Waals surface area (Å²) < 4.78 is 24.2. The first-order chi connectivity index (χ1) is 9.38. The van der Waals surface area contributed by atoms with Crippen LogP contribution in [0.1, 0.15) is 5.56 Å². The van der Waals surface area contributed by atoms with Crippen molar-refractivity contribution in [3.63, 3.8) is 0 Å². The fourth-order valence-corrected chi connectivity index (χ4v) is 3.05. The van der Waals surface area contributed by atoms with Crippen molar-refractivity contribution in [1.82, 2.24) is 4.98 Å². The molecule has 1 heterocycles. The molecule has 0 spiro atoms. The van der Waals surface area contributed by atoms with Gasteiger partial charge in [0, 0.05) is 17.3 Å². The lowest BCUT2D eigenvalue weighted by Gasteiger charge is -2.05. The maximum Gasteiger partial charge on any atom is 0.290 e. The van der Waals surface area contributed by atoms with Crippen molar-refractivity contribution >= 4 is 21.4 Å². The lowest BCUT2D eigenvalue weighted by atomic mass is 10.2. The van der Waals surface area contributed by atoms with Crippen LogP contribution in [0.15, 0.2) is 46.2 Å². The van der Waals surface area contributed by atoms with Gasteiger partial charge in [0.05, 0.1) is 10.6 Å². The summed E-state index contributed by atoms with van der Waals surface area (Å²) in [5, 5.41) is 9.84. The Morgan fingerprint density at radius 2 is 1.85 bits per heavy atom.